The molecule has 0 aliphatic carbocycles. The van der Waals surface area contributed by atoms with E-state index in [-0.39, 0.29) is 5.28 Å². The molecule has 1 aromatic heterocycles. The van der Waals surface area contributed by atoms with Crippen molar-refractivity contribution >= 4 is 23.5 Å². The van der Waals surface area contributed by atoms with E-state index in [1.165, 1.54) is 6.20 Å². The number of nitrogens with zero attached hydrogens (tertiary/aromatic N) is 2. The lowest BCUT2D eigenvalue weighted by atomic mass is 10.3. The summed E-state index contributed by atoms with van der Waals surface area (Å²) in [6.07, 6.45) is 3.10. The van der Waals surface area contributed by atoms with Crippen molar-refractivity contribution in [2.75, 3.05) is 5.73 Å². The van der Waals surface area contributed by atoms with Crippen molar-refractivity contribution in [2.45, 2.75) is 0 Å². The van der Waals surface area contributed by atoms with Gasteiger partial charge in [-0.25, -0.2) is 9.97 Å². The van der Waals surface area contributed by atoms with Crippen molar-refractivity contribution in [3.63, 3.8) is 0 Å². The lowest BCUT2D eigenvalue weighted by Crippen LogP contribution is -1.95. The Morgan fingerprint density at radius 2 is 2.40 bits per heavy atom. The van der Waals surface area contributed by atoms with Gasteiger partial charge in [-0.2, -0.15) is 0 Å². The zero-order valence-corrected chi connectivity index (χ0v) is 5.97. The highest BCUT2D eigenvalue weighted by molar-refractivity contribution is 6.28. The van der Waals surface area contributed by atoms with Crippen molar-refractivity contribution in [3.8, 4) is 0 Å². The molecular weight excluding hydrogens is 150 g/mol. The number of halogens is 1. The Kier molecular flexibility index (Phi) is 1.87. The molecule has 0 aliphatic heterocycles. The Hall–Kier alpha value is -1.09. The summed E-state index contributed by atoms with van der Waals surface area (Å²) in [4.78, 5) is 7.42. The van der Waals surface area contributed by atoms with Crippen LogP contribution in [-0.4, -0.2) is 9.97 Å². The molecule has 0 radical (unpaired) electrons. The molecular formula is C6H6ClN3. The molecule has 0 unspecified atom stereocenters. The summed E-state index contributed by atoms with van der Waals surface area (Å²) in [5.41, 5.74) is 6.12. The fourth-order valence-corrected chi connectivity index (χ4v) is 0.679. The summed E-state index contributed by atoms with van der Waals surface area (Å²) in [6, 6.07) is 0. The van der Waals surface area contributed by atoms with Gasteiger partial charge in [-0.3, -0.25) is 0 Å². The largest absolute Gasteiger partial charge is 0.383 e. The Bertz CT molecular complexity index is 259. The molecule has 0 bridgehead atoms. The Labute approximate surface area is 63.6 Å². The molecule has 2 N–H and O–H groups in total. The predicted octanol–water partition coefficient (Wildman–Crippen LogP) is 1.36. The normalized spacial score (nSPS) is 9.30. The van der Waals surface area contributed by atoms with E-state index in [4.69, 9.17) is 17.3 Å². The van der Waals surface area contributed by atoms with E-state index >= 15 is 0 Å². The van der Waals surface area contributed by atoms with E-state index < -0.39 is 0 Å². The van der Waals surface area contributed by atoms with Crippen LogP contribution in [0, 0.1) is 0 Å². The Morgan fingerprint density at radius 1 is 1.70 bits per heavy atom. The summed E-state index contributed by atoms with van der Waals surface area (Å²) >= 11 is 5.44. The molecule has 52 valence electrons. The van der Waals surface area contributed by atoms with Gasteiger partial charge in [0.15, 0.2) is 0 Å². The van der Waals surface area contributed by atoms with Crippen molar-refractivity contribution in [1.82, 2.24) is 9.97 Å². The maximum atomic E-state index is 5.44. The van der Waals surface area contributed by atoms with Crippen LogP contribution in [0.4, 0.5) is 5.82 Å². The molecule has 0 saturated heterocycles. The summed E-state index contributed by atoms with van der Waals surface area (Å²) in [5, 5.41) is 0.156. The van der Waals surface area contributed by atoms with Gasteiger partial charge in [-0.05, 0) is 11.6 Å². The van der Waals surface area contributed by atoms with E-state index in [1.807, 2.05) is 0 Å². The molecule has 0 atom stereocenters. The SMILES string of the molecule is C=Cc1cnc(Cl)nc1N. The van der Waals surface area contributed by atoms with Gasteiger partial charge in [0.1, 0.15) is 5.82 Å². The molecule has 10 heavy (non-hydrogen) atoms. The first-order valence-corrected chi connectivity index (χ1v) is 3.02. The summed E-state index contributed by atoms with van der Waals surface area (Å²) in [6.45, 7) is 3.52. The van der Waals surface area contributed by atoms with Crippen LogP contribution in [0.2, 0.25) is 5.28 Å². The first-order chi connectivity index (χ1) is 4.74. The average molecular weight is 156 g/mol. The zero-order chi connectivity index (χ0) is 7.56. The first kappa shape index (κ1) is 7.02. The first-order valence-electron chi connectivity index (χ1n) is 2.64. The standard InChI is InChI=1S/C6H6ClN3/c1-2-4-3-9-6(7)10-5(4)8/h2-3H,1H2,(H2,8,9,10). The van der Waals surface area contributed by atoms with Crippen LogP contribution in [0.5, 0.6) is 0 Å². The summed E-state index contributed by atoms with van der Waals surface area (Å²) in [5.74, 6) is 0.356. The summed E-state index contributed by atoms with van der Waals surface area (Å²) < 4.78 is 0. The van der Waals surface area contributed by atoms with Crippen molar-refractivity contribution in [3.05, 3.63) is 23.6 Å². The zero-order valence-electron chi connectivity index (χ0n) is 5.21. The maximum absolute atomic E-state index is 5.44. The number of anilines is 1. The van der Waals surface area contributed by atoms with Gasteiger partial charge in [0.25, 0.3) is 0 Å². The minimum Gasteiger partial charge on any atom is -0.383 e. The molecule has 0 aliphatic rings. The Balaban J connectivity index is 3.19. The highest BCUT2D eigenvalue weighted by Crippen LogP contribution is 2.10. The van der Waals surface area contributed by atoms with Crippen LogP contribution in [0.3, 0.4) is 0 Å². The second kappa shape index (κ2) is 2.66. The average Bonchev–Trinajstić information content (AvgIpc) is 1.88. The number of aromatic nitrogens is 2. The number of rotatable bonds is 1. The van der Waals surface area contributed by atoms with Gasteiger partial charge in [0.2, 0.25) is 5.28 Å². The number of nitrogens with two attached hydrogens (primary N) is 1. The van der Waals surface area contributed by atoms with Gasteiger partial charge in [0, 0.05) is 11.8 Å². The molecule has 1 heterocycles. The van der Waals surface area contributed by atoms with E-state index in [2.05, 4.69) is 16.5 Å². The smallest absolute Gasteiger partial charge is 0.224 e. The van der Waals surface area contributed by atoms with Gasteiger partial charge in [-0.15, -0.1) is 0 Å². The quantitative estimate of drug-likeness (QED) is 0.623. The van der Waals surface area contributed by atoms with E-state index in [0.29, 0.717) is 11.4 Å². The highest BCUT2D eigenvalue weighted by atomic mass is 35.5. The van der Waals surface area contributed by atoms with Crippen LogP contribution >= 0.6 is 11.6 Å². The molecule has 1 rings (SSSR count). The van der Waals surface area contributed by atoms with E-state index in [1.54, 1.807) is 6.08 Å². The van der Waals surface area contributed by atoms with E-state index in [0.717, 1.165) is 0 Å². The van der Waals surface area contributed by atoms with Gasteiger partial charge in [-0.1, -0.05) is 12.7 Å². The van der Waals surface area contributed by atoms with Gasteiger partial charge < -0.3 is 5.73 Å². The topological polar surface area (TPSA) is 51.8 Å². The third-order valence-corrected chi connectivity index (χ3v) is 1.22. The van der Waals surface area contributed by atoms with Crippen molar-refractivity contribution < 1.29 is 0 Å². The molecule has 0 amide bonds. The molecule has 4 heteroatoms. The predicted molar refractivity (Wildman–Crippen MR) is 41.5 cm³/mol. The molecule has 0 aromatic carbocycles. The lowest BCUT2D eigenvalue weighted by molar-refractivity contribution is 1.17. The van der Waals surface area contributed by atoms with Crippen LogP contribution in [-0.2, 0) is 0 Å². The molecule has 0 fully saturated rings. The highest BCUT2D eigenvalue weighted by Gasteiger charge is 1.96. The maximum Gasteiger partial charge on any atom is 0.224 e. The van der Waals surface area contributed by atoms with Gasteiger partial charge in [0.05, 0.1) is 0 Å². The van der Waals surface area contributed by atoms with Crippen LogP contribution in [0.1, 0.15) is 5.56 Å². The van der Waals surface area contributed by atoms with Crippen molar-refractivity contribution in [2.24, 2.45) is 0 Å². The number of nitrogen functional groups attached to an aromatic ring is 1. The van der Waals surface area contributed by atoms with Gasteiger partial charge >= 0.3 is 0 Å². The van der Waals surface area contributed by atoms with Crippen LogP contribution in [0.25, 0.3) is 6.08 Å². The second-order valence-corrected chi connectivity index (χ2v) is 2.02. The molecule has 1 aromatic rings. The number of hydrogen-bond acceptors (Lipinski definition) is 3. The molecule has 0 saturated carbocycles. The fraction of sp³-hybridized carbons (Fsp3) is 0. The van der Waals surface area contributed by atoms with Crippen molar-refractivity contribution in [1.29, 1.82) is 0 Å². The van der Waals surface area contributed by atoms with Crippen LogP contribution in [0.15, 0.2) is 12.8 Å². The minimum absolute atomic E-state index is 0.156. The number of hydrogen-bond donors (Lipinski definition) is 1. The monoisotopic (exact) mass is 155 g/mol. The summed E-state index contributed by atoms with van der Waals surface area (Å²) in [7, 11) is 0. The third-order valence-electron chi connectivity index (χ3n) is 1.04. The lowest BCUT2D eigenvalue weighted by Gasteiger charge is -1.96. The molecule has 0 spiro atoms. The molecule has 3 nitrogen and oxygen atoms in total. The van der Waals surface area contributed by atoms with E-state index in [9.17, 15) is 0 Å². The Morgan fingerprint density at radius 3 is 2.90 bits per heavy atom. The third kappa shape index (κ3) is 1.25. The van der Waals surface area contributed by atoms with Crippen LogP contribution < -0.4 is 5.73 Å². The second-order valence-electron chi connectivity index (χ2n) is 1.68. The fourth-order valence-electron chi connectivity index (χ4n) is 0.539. The minimum atomic E-state index is 0.156.